The number of ether oxygens (including phenoxy) is 1. The highest BCUT2D eigenvalue weighted by Crippen LogP contribution is 2.38. The molecule has 2 aromatic heterocycles. The number of likely N-dealkylation sites (N-methyl/N-ethyl adjacent to an activating group) is 1. The van der Waals surface area contributed by atoms with E-state index < -0.39 is 23.1 Å². The van der Waals surface area contributed by atoms with Crippen molar-refractivity contribution in [3.63, 3.8) is 0 Å². The second kappa shape index (κ2) is 10.8. The maximum absolute atomic E-state index is 14.4. The molecule has 0 spiro atoms. The van der Waals surface area contributed by atoms with Crippen LogP contribution in [-0.4, -0.2) is 66.0 Å². The van der Waals surface area contributed by atoms with Crippen LogP contribution < -0.4 is 26.0 Å². The van der Waals surface area contributed by atoms with Crippen molar-refractivity contribution in [2.24, 2.45) is 5.73 Å². The average Bonchev–Trinajstić information content (AvgIpc) is 3.36. The van der Waals surface area contributed by atoms with Gasteiger partial charge in [0.05, 0.1) is 36.0 Å². The number of nitrogens with two attached hydrogens (primary N) is 1. The fourth-order valence-electron chi connectivity index (χ4n) is 4.75. The lowest BCUT2D eigenvalue weighted by molar-refractivity contribution is -0.119. The molecule has 0 saturated carbocycles. The minimum absolute atomic E-state index is 0.0230. The third kappa shape index (κ3) is 5.23. The molecule has 0 aliphatic carbocycles. The van der Waals surface area contributed by atoms with Gasteiger partial charge in [0.15, 0.2) is 0 Å². The molecule has 1 aliphatic rings. The van der Waals surface area contributed by atoms with E-state index in [1.807, 2.05) is 31.1 Å². The zero-order valence-corrected chi connectivity index (χ0v) is 22.1. The van der Waals surface area contributed by atoms with Gasteiger partial charge in [-0.2, -0.15) is 9.97 Å². The molecule has 5 N–H and O–H groups in total. The van der Waals surface area contributed by atoms with Crippen molar-refractivity contribution in [2.45, 2.75) is 12.8 Å². The van der Waals surface area contributed by atoms with E-state index in [1.54, 1.807) is 17.2 Å². The Balaban J connectivity index is 1.55. The number of halogens is 2. The van der Waals surface area contributed by atoms with E-state index in [-0.39, 0.29) is 29.9 Å². The number of primary amides is 1. The van der Waals surface area contributed by atoms with Crippen molar-refractivity contribution in [2.75, 3.05) is 49.8 Å². The number of benzene rings is 2. The maximum atomic E-state index is 14.4. The molecular formula is C27H28F2N8O3. The first-order chi connectivity index (χ1) is 19.1. The number of amides is 2. The van der Waals surface area contributed by atoms with Crippen molar-refractivity contribution < 1.29 is 23.1 Å². The molecule has 3 heterocycles. The Labute approximate surface area is 228 Å². The number of rotatable bonds is 8. The summed E-state index contributed by atoms with van der Waals surface area (Å²) < 4.78 is 34.1. The molecule has 11 nitrogen and oxygen atoms in total. The first kappa shape index (κ1) is 26.8. The quantitative estimate of drug-likeness (QED) is 0.260. The Bertz CT molecular complexity index is 1620. The van der Waals surface area contributed by atoms with Crippen LogP contribution in [0.3, 0.4) is 0 Å². The van der Waals surface area contributed by atoms with E-state index in [4.69, 9.17) is 10.5 Å². The Morgan fingerprint density at radius 3 is 2.67 bits per heavy atom. The average molecular weight is 551 g/mol. The number of anilines is 5. The standard InChI is InChI=1S/C27H28F2N8O3/c1-36(2)13-22(38)37-8-4-5-14-9-21(40-3)18(12-20(14)37)33-27-34-25-16(6-7-31-25)26(35-27)32-19-11-15(28)10-17(29)23(19)24(30)39/h6-7,9-12H,4-5,8,13H2,1-3H3,(H2,30,39)(H3,31,32,33,34,35). The third-order valence-electron chi connectivity index (χ3n) is 6.49. The number of carbonyl (C=O) groups is 2. The van der Waals surface area contributed by atoms with Gasteiger partial charge in [-0.1, -0.05) is 0 Å². The molecule has 208 valence electrons. The summed E-state index contributed by atoms with van der Waals surface area (Å²) in [5, 5.41) is 6.48. The monoisotopic (exact) mass is 550 g/mol. The first-order valence-corrected chi connectivity index (χ1v) is 12.5. The van der Waals surface area contributed by atoms with Gasteiger partial charge in [0.25, 0.3) is 5.91 Å². The number of carbonyl (C=O) groups excluding carboxylic acids is 2. The summed E-state index contributed by atoms with van der Waals surface area (Å²) in [5.74, 6) is -2.27. The highest BCUT2D eigenvalue weighted by atomic mass is 19.1. The lowest BCUT2D eigenvalue weighted by Crippen LogP contribution is -2.40. The van der Waals surface area contributed by atoms with E-state index in [0.717, 1.165) is 30.2 Å². The number of hydrogen-bond donors (Lipinski definition) is 4. The van der Waals surface area contributed by atoms with Gasteiger partial charge < -0.3 is 35.9 Å². The number of aromatic nitrogens is 3. The van der Waals surface area contributed by atoms with Gasteiger partial charge in [-0.25, -0.2) is 8.78 Å². The number of fused-ring (bicyclic) bond motifs is 2. The van der Waals surface area contributed by atoms with Crippen LogP contribution in [0.5, 0.6) is 5.75 Å². The Hall–Kier alpha value is -4.78. The molecule has 13 heteroatoms. The van der Waals surface area contributed by atoms with Crippen molar-refractivity contribution in [3.8, 4) is 5.75 Å². The van der Waals surface area contributed by atoms with Crippen LogP contribution in [0.25, 0.3) is 11.0 Å². The lowest BCUT2D eigenvalue weighted by atomic mass is 10.00. The maximum Gasteiger partial charge on any atom is 0.253 e. The second-order valence-corrected chi connectivity index (χ2v) is 9.63. The summed E-state index contributed by atoms with van der Waals surface area (Å²) in [6.07, 6.45) is 3.25. The molecule has 0 radical (unpaired) electrons. The summed E-state index contributed by atoms with van der Waals surface area (Å²) in [6.45, 7) is 0.862. The van der Waals surface area contributed by atoms with Crippen molar-refractivity contribution in [3.05, 3.63) is 59.3 Å². The molecule has 0 bridgehead atoms. The van der Waals surface area contributed by atoms with Crippen LogP contribution in [-0.2, 0) is 11.2 Å². The molecule has 5 rings (SSSR count). The Kier molecular flexibility index (Phi) is 7.22. The molecule has 0 unspecified atom stereocenters. The van der Waals surface area contributed by atoms with E-state index >= 15 is 0 Å². The molecule has 4 aromatic rings. The van der Waals surface area contributed by atoms with Crippen LogP contribution in [0.2, 0.25) is 0 Å². The predicted octanol–water partition coefficient (Wildman–Crippen LogP) is 3.67. The molecule has 0 saturated heterocycles. The Morgan fingerprint density at radius 2 is 1.95 bits per heavy atom. The summed E-state index contributed by atoms with van der Waals surface area (Å²) in [6, 6.07) is 6.92. The number of aryl methyl sites for hydroxylation is 1. The normalized spacial score (nSPS) is 12.9. The van der Waals surface area contributed by atoms with Gasteiger partial charge in [0.2, 0.25) is 11.9 Å². The van der Waals surface area contributed by atoms with Crippen molar-refractivity contribution in [1.82, 2.24) is 19.9 Å². The highest BCUT2D eigenvalue weighted by molar-refractivity contribution is 6.01. The molecule has 0 atom stereocenters. The molecule has 0 fully saturated rings. The SMILES string of the molecule is COc1cc2c(cc1Nc1nc(Nc3cc(F)cc(F)c3C(N)=O)c3cc[nH]c3n1)N(C(=O)CN(C)C)CCC2. The van der Waals surface area contributed by atoms with Gasteiger partial charge in [0.1, 0.15) is 28.8 Å². The number of nitrogens with zero attached hydrogens (tertiary/aromatic N) is 4. The number of methoxy groups -OCH3 is 1. The number of hydrogen-bond acceptors (Lipinski definition) is 8. The van der Waals surface area contributed by atoms with E-state index in [2.05, 4.69) is 25.6 Å². The largest absolute Gasteiger partial charge is 0.495 e. The van der Waals surface area contributed by atoms with Gasteiger partial charge in [-0.3, -0.25) is 9.59 Å². The van der Waals surface area contributed by atoms with E-state index in [0.29, 0.717) is 35.1 Å². The van der Waals surface area contributed by atoms with Gasteiger partial charge >= 0.3 is 0 Å². The lowest BCUT2D eigenvalue weighted by Gasteiger charge is -2.31. The Morgan fingerprint density at radius 1 is 1.15 bits per heavy atom. The number of nitrogens with one attached hydrogen (secondary N) is 3. The van der Waals surface area contributed by atoms with Crippen molar-refractivity contribution in [1.29, 1.82) is 0 Å². The number of aromatic amines is 1. The summed E-state index contributed by atoms with van der Waals surface area (Å²) in [7, 11) is 5.22. The van der Waals surface area contributed by atoms with Crippen LogP contribution in [0.15, 0.2) is 36.5 Å². The van der Waals surface area contributed by atoms with Gasteiger partial charge in [0, 0.05) is 24.5 Å². The van der Waals surface area contributed by atoms with Crippen LogP contribution in [0.1, 0.15) is 22.3 Å². The van der Waals surface area contributed by atoms with Crippen LogP contribution in [0.4, 0.5) is 37.6 Å². The van der Waals surface area contributed by atoms with Crippen LogP contribution >= 0.6 is 0 Å². The molecule has 40 heavy (non-hydrogen) atoms. The van der Waals surface area contributed by atoms with Gasteiger partial charge in [-0.15, -0.1) is 0 Å². The highest BCUT2D eigenvalue weighted by Gasteiger charge is 2.25. The summed E-state index contributed by atoms with van der Waals surface area (Å²) in [5.41, 5.74) is 7.34. The number of H-pyrrole nitrogens is 1. The molecule has 2 amide bonds. The topological polar surface area (TPSA) is 142 Å². The summed E-state index contributed by atoms with van der Waals surface area (Å²) >= 11 is 0. The second-order valence-electron chi connectivity index (χ2n) is 9.63. The van der Waals surface area contributed by atoms with Gasteiger partial charge in [-0.05, 0) is 56.8 Å². The molecular weight excluding hydrogens is 522 g/mol. The predicted molar refractivity (Wildman–Crippen MR) is 148 cm³/mol. The minimum atomic E-state index is -1.10. The summed E-state index contributed by atoms with van der Waals surface area (Å²) in [4.78, 5) is 40.5. The third-order valence-corrected chi connectivity index (χ3v) is 6.49. The van der Waals surface area contributed by atoms with E-state index in [9.17, 15) is 18.4 Å². The smallest absolute Gasteiger partial charge is 0.253 e. The minimum Gasteiger partial charge on any atom is -0.495 e. The van der Waals surface area contributed by atoms with E-state index in [1.165, 1.54) is 7.11 Å². The van der Waals surface area contributed by atoms with Crippen LogP contribution in [0, 0.1) is 11.6 Å². The first-order valence-electron chi connectivity index (χ1n) is 12.5. The van der Waals surface area contributed by atoms with Crippen molar-refractivity contribution >= 4 is 51.7 Å². The fourth-order valence-corrected chi connectivity index (χ4v) is 4.75. The molecule has 1 aliphatic heterocycles. The zero-order chi connectivity index (χ0) is 28.6. The molecule has 2 aromatic carbocycles. The fraction of sp³-hybridized carbons (Fsp3) is 0.259. The zero-order valence-electron chi connectivity index (χ0n) is 22.1.